The van der Waals surface area contributed by atoms with Crippen molar-refractivity contribution < 1.29 is 0 Å². The molecule has 0 radical (unpaired) electrons. The zero-order valence-corrected chi connectivity index (χ0v) is 12.0. The van der Waals surface area contributed by atoms with Gasteiger partial charge in [0.05, 0.1) is 6.04 Å². The van der Waals surface area contributed by atoms with Gasteiger partial charge in [-0.2, -0.15) is 0 Å². The molecular weight excluding hydrogens is 244 g/mol. The fraction of sp³-hybridized carbons (Fsp3) is 0.333. The quantitative estimate of drug-likeness (QED) is 0.859. The first-order chi connectivity index (χ1) is 9.76. The topological polar surface area (TPSA) is 38.0 Å². The number of hydrogen-bond acceptors (Lipinski definition) is 2. The van der Waals surface area contributed by atoms with Crippen molar-refractivity contribution in [1.29, 1.82) is 0 Å². The van der Waals surface area contributed by atoms with Crippen LogP contribution in [-0.4, -0.2) is 6.54 Å². The number of hydrogen-bond donors (Lipinski definition) is 2. The number of rotatable bonds is 5. The molecule has 2 aromatic carbocycles. The van der Waals surface area contributed by atoms with Crippen LogP contribution in [0.5, 0.6) is 0 Å². The van der Waals surface area contributed by atoms with Gasteiger partial charge in [0.1, 0.15) is 0 Å². The van der Waals surface area contributed by atoms with Crippen LogP contribution >= 0.6 is 0 Å². The lowest BCUT2D eigenvalue weighted by Crippen LogP contribution is -2.20. The van der Waals surface area contributed by atoms with Crippen LogP contribution in [0.3, 0.4) is 0 Å². The van der Waals surface area contributed by atoms with Crippen molar-refractivity contribution in [3.63, 3.8) is 0 Å². The lowest BCUT2D eigenvalue weighted by Gasteiger charge is -2.19. The third-order valence-electron chi connectivity index (χ3n) is 3.96. The molecule has 0 spiro atoms. The monoisotopic (exact) mass is 266 g/mol. The van der Waals surface area contributed by atoms with Crippen LogP contribution in [0.4, 0.5) is 5.69 Å². The van der Waals surface area contributed by atoms with Crippen molar-refractivity contribution in [3.8, 4) is 0 Å². The van der Waals surface area contributed by atoms with Crippen LogP contribution in [0.1, 0.15) is 41.5 Å². The van der Waals surface area contributed by atoms with Crippen molar-refractivity contribution in [2.24, 2.45) is 5.73 Å². The van der Waals surface area contributed by atoms with E-state index in [2.05, 4.69) is 60.8 Å². The molecule has 3 rings (SSSR count). The van der Waals surface area contributed by atoms with Crippen LogP contribution in [0, 0.1) is 6.92 Å². The van der Waals surface area contributed by atoms with Gasteiger partial charge in [-0.25, -0.2) is 0 Å². The minimum absolute atomic E-state index is 0.176. The molecule has 1 unspecified atom stereocenters. The Kier molecular flexibility index (Phi) is 3.75. The molecule has 3 N–H and O–H groups in total. The summed E-state index contributed by atoms with van der Waals surface area (Å²) in [5, 5.41) is 3.55. The smallest absolute Gasteiger partial charge is 0.0636 e. The lowest BCUT2D eigenvalue weighted by molar-refractivity contribution is 0.787. The molecule has 20 heavy (non-hydrogen) atoms. The summed E-state index contributed by atoms with van der Waals surface area (Å²) in [5.41, 5.74) is 11.1. The molecule has 1 saturated carbocycles. The molecule has 0 saturated heterocycles. The van der Waals surface area contributed by atoms with Crippen molar-refractivity contribution in [2.75, 3.05) is 11.9 Å². The Labute approximate surface area is 121 Å². The molecule has 0 aromatic heterocycles. The summed E-state index contributed by atoms with van der Waals surface area (Å²) in [6.07, 6.45) is 2.67. The van der Waals surface area contributed by atoms with Gasteiger partial charge in [-0.3, -0.25) is 0 Å². The van der Waals surface area contributed by atoms with Gasteiger partial charge >= 0.3 is 0 Å². The molecule has 1 aliphatic carbocycles. The Bertz CT molecular complexity index is 587. The fourth-order valence-electron chi connectivity index (χ4n) is 2.66. The Morgan fingerprint density at radius 2 is 1.95 bits per heavy atom. The predicted octanol–water partition coefficient (Wildman–Crippen LogP) is 3.98. The van der Waals surface area contributed by atoms with E-state index in [1.165, 1.54) is 29.5 Å². The van der Waals surface area contributed by atoms with Gasteiger partial charge in [0.2, 0.25) is 0 Å². The second-order valence-corrected chi connectivity index (χ2v) is 5.75. The van der Waals surface area contributed by atoms with Crippen LogP contribution in [-0.2, 0) is 0 Å². The van der Waals surface area contributed by atoms with Crippen molar-refractivity contribution >= 4 is 5.69 Å². The third-order valence-corrected chi connectivity index (χ3v) is 3.96. The molecular formula is C18H22N2. The average Bonchev–Trinajstić information content (AvgIpc) is 3.29. The summed E-state index contributed by atoms with van der Waals surface area (Å²) >= 11 is 0. The molecule has 2 heteroatoms. The number of benzene rings is 2. The van der Waals surface area contributed by atoms with E-state index in [9.17, 15) is 0 Å². The molecule has 1 aliphatic rings. The second-order valence-electron chi connectivity index (χ2n) is 5.75. The summed E-state index contributed by atoms with van der Waals surface area (Å²) in [6.45, 7) is 2.71. The second kappa shape index (κ2) is 5.68. The first-order valence-corrected chi connectivity index (χ1v) is 7.39. The number of nitrogens with two attached hydrogens (primary N) is 1. The SMILES string of the molecule is Cc1cccc(NC(CN)c2cccc(C3CC3)c2)c1. The van der Waals surface area contributed by atoms with Gasteiger partial charge in [0.25, 0.3) is 0 Å². The first-order valence-electron chi connectivity index (χ1n) is 7.39. The molecule has 2 nitrogen and oxygen atoms in total. The first kappa shape index (κ1) is 13.2. The summed E-state index contributed by atoms with van der Waals surface area (Å²) in [5.74, 6) is 0.785. The summed E-state index contributed by atoms with van der Waals surface area (Å²) in [7, 11) is 0. The minimum Gasteiger partial charge on any atom is -0.377 e. The van der Waals surface area contributed by atoms with E-state index in [0.29, 0.717) is 6.54 Å². The Morgan fingerprint density at radius 3 is 2.65 bits per heavy atom. The molecule has 104 valence electrons. The predicted molar refractivity (Wildman–Crippen MR) is 85.0 cm³/mol. The summed E-state index contributed by atoms with van der Waals surface area (Å²) in [4.78, 5) is 0. The maximum absolute atomic E-state index is 5.97. The van der Waals surface area contributed by atoms with E-state index < -0.39 is 0 Å². The van der Waals surface area contributed by atoms with Gasteiger partial charge in [0, 0.05) is 12.2 Å². The van der Waals surface area contributed by atoms with Crippen LogP contribution in [0.25, 0.3) is 0 Å². The average molecular weight is 266 g/mol. The molecule has 0 bridgehead atoms. The van der Waals surface area contributed by atoms with Crippen molar-refractivity contribution in [2.45, 2.75) is 31.7 Å². The minimum atomic E-state index is 0.176. The Hall–Kier alpha value is -1.80. The zero-order chi connectivity index (χ0) is 13.9. The molecule has 1 atom stereocenters. The summed E-state index contributed by atoms with van der Waals surface area (Å²) in [6, 6.07) is 17.5. The van der Waals surface area contributed by atoms with Gasteiger partial charge in [-0.05, 0) is 54.5 Å². The van der Waals surface area contributed by atoms with Crippen LogP contribution < -0.4 is 11.1 Å². The van der Waals surface area contributed by atoms with E-state index in [0.717, 1.165) is 11.6 Å². The van der Waals surface area contributed by atoms with Crippen LogP contribution in [0.15, 0.2) is 48.5 Å². The maximum Gasteiger partial charge on any atom is 0.0636 e. The van der Waals surface area contributed by atoms with E-state index >= 15 is 0 Å². The Morgan fingerprint density at radius 1 is 1.15 bits per heavy atom. The largest absolute Gasteiger partial charge is 0.377 e. The molecule has 1 fully saturated rings. The van der Waals surface area contributed by atoms with E-state index in [1.807, 2.05) is 0 Å². The van der Waals surface area contributed by atoms with Gasteiger partial charge in [-0.1, -0.05) is 36.4 Å². The molecule has 0 heterocycles. The lowest BCUT2D eigenvalue weighted by atomic mass is 10.0. The normalized spacial score (nSPS) is 15.9. The highest BCUT2D eigenvalue weighted by Gasteiger charge is 2.24. The van der Waals surface area contributed by atoms with E-state index in [-0.39, 0.29) is 6.04 Å². The van der Waals surface area contributed by atoms with E-state index in [4.69, 9.17) is 5.73 Å². The zero-order valence-electron chi connectivity index (χ0n) is 12.0. The fourth-order valence-corrected chi connectivity index (χ4v) is 2.66. The molecule has 0 amide bonds. The maximum atomic E-state index is 5.97. The molecule has 0 aliphatic heterocycles. The Balaban J connectivity index is 1.80. The van der Waals surface area contributed by atoms with Gasteiger partial charge in [0.15, 0.2) is 0 Å². The van der Waals surface area contributed by atoms with Crippen molar-refractivity contribution in [1.82, 2.24) is 0 Å². The van der Waals surface area contributed by atoms with E-state index in [1.54, 1.807) is 0 Å². The van der Waals surface area contributed by atoms with Crippen molar-refractivity contribution in [3.05, 3.63) is 65.2 Å². The van der Waals surface area contributed by atoms with Crippen LogP contribution in [0.2, 0.25) is 0 Å². The summed E-state index contributed by atoms with van der Waals surface area (Å²) < 4.78 is 0. The highest BCUT2D eigenvalue weighted by Crippen LogP contribution is 2.40. The van der Waals surface area contributed by atoms with Gasteiger partial charge in [-0.15, -0.1) is 0 Å². The molecule has 2 aromatic rings. The van der Waals surface area contributed by atoms with Gasteiger partial charge < -0.3 is 11.1 Å². The number of anilines is 1. The highest BCUT2D eigenvalue weighted by atomic mass is 14.9. The number of nitrogens with one attached hydrogen (secondary N) is 1. The highest BCUT2D eigenvalue weighted by molar-refractivity contribution is 5.48. The number of aryl methyl sites for hydroxylation is 1. The third kappa shape index (κ3) is 3.02. The standard InChI is InChI=1S/C18H22N2/c1-13-4-2-7-17(10-13)20-18(12-19)16-6-3-5-15(11-16)14-8-9-14/h2-7,10-11,14,18,20H,8-9,12,19H2,1H3.